The molecule has 1 N–H and O–H groups in total. The van der Waals surface area contributed by atoms with E-state index in [0.717, 1.165) is 40.2 Å². The monoisotopic (exact) mass is 503 g/mol. The number of hydrogen-bond donors (Lipinski definition) is 1. The third kappa shape index (κ3) is 4.96. The highest BCUT2D eigenvalue weighted by atomic mass is 16.5. The zero-order valence-corrected chi connectivity index (χ0v) is 23.0. The number of fused-ring (bicyclic) bond motifs is 1. The molecular formula is C28H37N7O2. The number of aromatic amines is 1. The SMILES string of the molecule is CCN(C)C(C)C(=O)N(C)C(C)c1ccc(-c2[nH]nc(-c3cc(OC)c4ncnn4c3)c2C(C)C)cc1. The normalized spacial score (nSPS) is 13.4. The molecule has 0 bridgehead atoms. The van der Waals surface area contributed by atoms with Crippen molar-refractivity contribution in [3.05, 3.63) is 54.0 Å². The summed E-state index contributed by atoms with van der Waals surface area (Å²) < 4.78 is 7.26. The molecule has 0 aliphatic rings. The smallest absolute Gasteiger partial charge is 0.239 e. The van der Waals surface area contributed by atoms with Gasteiger partial charge in [-0.3, -0.25) is 14.8 Å². The van der Waals surface area contributed by atoms with Gasteiger partial charge in [-0.2, -0.15) is 10.2 Å². The van der Waals surface area contributed by atoms with E-state index in [1.54, 1.807) is 11.6 Å². The Kier molecular flexibility index (Phi) is 7.63. The number of benzene rings is 1. The van der Waals surface area contributed by atoms with Crippen LogP contribution in [0.3, 0.4) is 0 Å². The summed E-state index contributed by atoms with van der Waals surface area (Å²) in [4.78, 5) is 21.1. The third-order valence-corrected chi connectivity index (χ3v) is 7.34. The second-order valence-corrected chi connectivity index (χ2v) is 9.84. The zero-order chi connectivity index (χ0) is 26.9. The van der Waals surface area contributed by atoms with Crippen molar-refractivity contribution in [1.82, 2.24) is 34.6 Å². The van der Waals surface area contributed by atoms with E-state index in [0.29, 0.717) is 11.4 Å². The Morgan fingerprint density at radius 3 is 2.43 bits per heavy atom. The molecule has 0 saturated heterocycles. The molecular weight excluding hydrogens is 466 g/mol. The minimum absolute atomic E-state index is 0.0435. The molecule has 3 aromatic heterocycles. The molecule has 1 aromatic carbocycles. The molecule has 4 rings (SSSR count). The van der Waals surface area contributed by atoms with Gasteiger partial charge in [0.15, 0.2) is 11.4 Å². The zero-order valence-electron chi connectivity index (χ0n) is 23.0. The predicted molar refractivity (Wildman–Crippen MR) is 146 cm³/mol. The van der Waals surface area contributed by atoms with Crippen molar-refractivity contribution in [2.75, 3.05) is 27.7 Å². The Hall–Kier alpha value is -3.72. The van der Waals surface area contributed by atoms with Crippen LogP contribution in [-0.4, -0.2) is 74.3 Å². The van der Waals surface area contributed by atoms with Crippen LogP contribution in [0.25, 0.3) is 28.2 Å². The molecule has 0 spiro atoms. The summed E-state index contributed by atoms with van der Waals surface area (Å²) in [7, 11) is 5.48. The van der Waals surface area contributed by atoms with Crippen molar-refractivity contribution in [1.29, 1.82) is 0 Å². The molecule has 3 heterocycles. The van der Waals surface area contributed by atoms with Crippen LogP contribution in [0.1, 0.15) is 57.7 Å². The fraction of sp³-hybridized carbons (Fsp3) is 0.429. The summed E-state index contributed by atoms with van der Waals surface area (Å²) >= 11 is 0. The Labute approximate surface area is 218 Å². The number of carbonyl (C=O) groups excluding carboxylic acids is 1. The Morgan fingerprint density at radius 2 is 1.81 bits per heavy atom. The van der Waals surface area contributed by atoms with Gasteiger partial charge in [-0.15, -0.1) is 0 Å². The predicted octanol–water partition coefficient (Wildman–Crippen LogP) is 4.78. The van der Waals surface area contributed by atoms with E-state index >= 15 is 0 Å². The van der Waals surface area contributed by atoms with Gasteiger partial charge >= 0.3 is 0 Å². The average Bonchev–Trinajstić information content (AvgIpc) is 3.58. The lowest BCUT2D eigenvalue weighted by atomic mass is 9.93. The summed E-state index contributed by atoms with van der Waals surface area (Å²) in [6.07, 6.45) is 3.43. The summed E-state index contributed by atoms with van der Waals surface area (Å²) in [5.41, 5.74) is 6.64. The first-order valence-corrected chi connectivity index (χ1v) is 12.7. The molecule has 0 saturated carbocycles. The fourth-order valence-electron chi connectivity index (χ4n) is 4.63. The van der Waals surface area contributed by atoms with Gasteiger partial charge in [0.25, 0.3) is 0 Å². The van der Waals surface area contributed by atoms with E-state index in [9.17, 15) is 4.79 Å². The van der Waals surface area contributed by atoms with Crippen molar-refractivity contribution in [2.24, 2.45) is 0 Å². The number of carbonyl (C=O) groups is 1. The quantitative estimate of drug-likeness (QED) is 0.354. The molecule has 4 aromatic rings. The number of nitrogens with one attached hydrogen (secondary N) is 1. The van der Waals surface area contributed by atoms with Crippen LogP contribution >= 0.6 is 0 Å². The summed E-state index contributed by atoms with van der Waals surface area (Å²) in [5, 5.41) is 12.3. The van der Waals surface area contributed by atoms with E-state index in [4.69, 9.17) is 9.84 Å². The Bertz CT molecular complexity index is 1370. The van der Waals surface area contributed by atoms with Crippen LogP contribution in [-0.2, 0) is 4.79 Å². The van der Waals surface area contributed by atoms with Gasteiger partial charge in [0.2, 0.25) is 5.91 Å². The fourth-order valence-corrected chi connectivity index (χ4v) is 4.63. The van der Waals surface area contributed by atoms with Gasteiger partial charge in [0.1, 0.15) is 6.33 Å². The minimum Gasteiger partial charge on any atom is -0.493 e. The number of methoxy groups -OCH3 is 1. The van der Waals surface area contributed by atoms with E-state index in [1.165, 1.54) is 6.33 Å². The Morgan fingerprint density at radius 1 is 1.11 bits per heavy atom. The average molecular weight is 504 g/mol. The van der Waals surface area contributed by atoms with E-state index in [2.05, 4.69) is 67.1 Å². The summed E-state index contributed by atoms with van der Waals surface area (Å²) in [6, 6.07) is 10.1. The van der Waals surface area contributed by atoms with Gasteiger partial charge in [0.05, 0.1) is 30.6 Å². The first-order valence-electron chi connectivity index (χ1n) is 12.7. The first kappa shape index (κ1) is 26.3. The molecule has 9 nitrogen and oxygen atoms in total. The molecule has 9 heteroatoms. The molecule has 1 amide bonds. The van der Waals surface area contributed by atoms with E-state index in [1.807, 2.05) is 43.1 Å². The van der Waals surface area contributed by atoms with Crippen molar-refractivity contribution in [2.45, 2.75) is 52.6 Å². The summed E-state index contributed by atoms with van der Waals surface area (Å²) in [6.45, 7) is 11.2. The molecule has 0 radical (unpaired) electrons. The number of ether oxygens (including phenoxy) is 1. The van der Waals surface area contributed by atoms with Gasteiger partial charge in [0, 0.05) is 24.4 Å². The van der Waals surface area contributed by atoms with Gasteiger partial charge in [-0.05, 0) is 50.6 Å². The molecule has 0 aliphatic heterocycles. The number of nitrogens with zero attached hydrogens (tertiary/aromatic N) is 6. The van der Waals surface area contributed by atoms with Crippen molar-refractivity contribution in [3.63, 3.8) is 0 Å². The molecule has 37 heavy (non-hydrogen) atoms. The molecule has 2 unspecified atom stereocenters. The molecule has 0 fully saturated rings. The van der Waals surface area contributed by atoms with Crippen LogP contribution in [0.4, 0.5) is 0 Å². The number of pyridine rings is 1. The van der Waals surface area contributed by atoms with E-state index < -0.39 is 0 Å². The lowest BCUT2D eigenvalue weighted by Gasteiger charge is -2.31. The van der Waals surface area contributed by atoms with Crippen molar-refractivity contribution in [3.8, 4) is 28.3 Å². The highest BCUT2D eigenvalue weighted by molar-refractivity contribution is 5.82. The van der Waals surface area contributed by atoms with E-state index in [-0.39, 0.29) is 23.9 Å². The number of hydrogen-bond acceptors (Lipinski definition) is 6. The van der Waals surface area contributed by atoms with Crippen LogP contribution in [0.15, 0.2) is 42.9 Å². The standard InChI is InChI=1S/C28H37N7O2/c1-9-33(6)19(5)28(36)34(7)18(4)20-10-12-21(13-11-20)25-24(17(2)3)26(32-31-25)22-14-23(37-8)27-29-16-30-35(27)15-22/h10-19H,9H2,1-8H3,(H,31,32). The second kappa shape index (κ2) is 10.7. The number of likely N-dealkylation sites (N-methyl/N-ethyl adjacent to an activating group) is 2. The van der Waals surface area contributed by atoms with Crippen LogP contribution in [0.5, 0.6) is 5.75 Å². The van der Waals surface area contributed by atoms with Crippen LogP contribution in [0, 0.1) is 0 Å². The van der Waals surface area contributed by atoms with Crippen molar-refractivity contribution < 1.29 is 9.53 Å². The highest BCUT2D eigenvalue weighted by Gasteiger charge is 2.25. The second-order valence-electron chi connectivity index (χ2n) is 9.84. The molecule has 196 valence electrons. The van der Waals surface area contributed by atoms with Crippen molar-refractivity contribution >= 4 is 11.6 Å². The lowest BCUT2D eigenvalue weighted by Crippen LogP contribution is -2.44. The van der Waals surface area contributed by atoms with Gasteiger partial charge in [-0.25, -0.2) is 9.50 Å². The topological polar surface area (TPSA) is 91.7 Å². The van der Waals surface area contributed by atoms with Crippen LogP contribution < -0.4 is 4.74 Å². The van der Waals surface area contributed by atoms with Gasteiger partial charge < -0.3 is 9.64 Å². The molecule has 2 atom stereocenters. The molecule has 0 aliphatic carbocycles. The summed E-state index contributed by atoms with van der Waals surface area (Å²) in [5.74, 6) is 0.979. The number of rotatable bonds is 9. The highest BCUT2D eigenvalue weighted by Crippen LogP contribution is 2.37. The third-order valence-electron chi connectivity index (χ3n) is 7.34. The lowest BCUT2D eigenvalue weighted by molar-refractivity contribution is -0.136. The maximum absolute atomic E-state index is 13.0. The first-order chi connectivity index (χ1) is 17.7. The number of H-pyrrole nitrogens is 1. The largest absolute Gasteiger partial charge is 0.493 e. The number of aromatic nitrogens is 5. The number of amides is 1. The van der Waals surface area contributed by atoms with Gasteiger partial charge in [-0.1, -0.05) is 45.0 Å². The maximum Gasteiger partial charge on any atom is 0.239 e. The Balaban J connectivity index is 1.65. The minimum atomic E-state index is -0.163. The van der Waals surface area contributed by atoms with Crippen LogP contribution in [0.2, 0.25) is 0 Å². The maximum atomic E-state index is 13.0.